The van der Waals surface area contributed by atoms with Crippen LogP contribution in [0.2, 0.25) is 0 Å². The Morgan fingerprint density at radius 2 is 0.741 bits per heavy atom. The van der Waals surface area contributed by atoms with E-state index in [2.05, 4.69) is 25.7 Å². The predicted molar refractivity (Wildman–Crippen MR) is 127 cm³/mol. The molecule has 0 radical (unpaired) electrons. The molecular formula is C27H52. The highest BCUT2D eigenvalue weighted by molar-refractivity contribution is 4.96. The smallest absolute Gasteiger partial charge is 0.0348 e. The van der Waals surface area contributed by atoms with Crippen molar-refractivity contribution in [1.82, 2.24) is 0 Å². The molecular weight excluding hydrogens is 324 g/mol. The van der Waals surface area contributed by atoms with Crippen molar-refractivity contribution >= 4 is 0 Å². The van der Waals surface area contributed by atoms with E-state index < -0.39 is 0 Å². The maximum Gasteiger partial charge on any atom is -0.0348 e. The van der Waals surface area contributed by atoms with Gasteiger partial charge in [0.15, 0.2) is 0 Å². The van der Waals surface area contributed by atoms with E-state index in [4.69, 9.17) is 0 Å². The molecule has 0 aliphatic carbocycles. The summed E-state index contributed by atoms with van der Waals surface area (Å²) in [6, 6.07) is 0. The minimum atomic E-state index is 1.23. The van der Waals surface area contributed by atoms with Crippen LogP contribution in [0.25, 0.3) is 0 Å². The van der Waals surface area contributed by atoms with Crippen molar-refractivity contribution in [3.05, 3.63) is 24.8 Å². The third-order valence-electron chi connectivity index (χ3n) is 5.75. The highest BCUT2D eigenvalue weighted by atomic mass is 14.0. The Bertz CT molecular complexity index is 288. The second-order valence-corrected chi connectivity index (χ2v) is 8.52. The third-order valence-corrected chi connectivity index (χ3v) is 5.75. The fourth-order valence-electron chi connectivity index (χ4n) is 3.89. The lowest BCUT2D eigenvalue weighted by molar-refractivity contribution is 0.520. The lowest BCUT2D eigenvalue weighted by Gasteiger charge is -2.04. The minimum absolute atomic E-state index is 1.23. The molecule has 0 spiro atoms. The van der Waals surface area contributed by atoms with Crippen LogP contribution >= 0.6 is 0 Å². The standard InChI is InChI=1S/C27H52/c1-3-5-7-9-11-13-15-17-19-21-23-25-27-26-24-22-20-18-16-14-12-10-8-6-4-2/h3,5,7H,1,4,6,8-27H2,2H3. The average molecular weight is 377 g/mol. The molecule has 0 heteroatoms. The topological polar surface area (TPSA) is 0 Å². The SMILES string of the molecule is C=CC=CCCCCCCCCCCCCCCCCCCCCCCC. The van der Waals surface area contributed by atoms with Crippen LogP contribution in [-0.2, 0) is 0 Å². The molecule has 0 aromatic heterocycles. The Morgan fingerprint density at radius 1 is 0.444 bits per heavy atom. The van der Waals surface area contributed by atoms with Gasteiger partial charge < -0.3 is 0 Å². The highest BCUT2D eigenvalue weighted by Gasteiger charge is 1.95. The van der Waals surface area contributed by atoms with Crippen LogP contribution in [0, 0.1) is 0 Å². The molecule has 0 N–H and O–H groups in total. The highest BCUT2D eigenvalue weighted by Crippen LogP contribution is 2.15. The molecule has 0 heterocycles. The number of hydrogen-bond acceptors (Lipinski definition) is 0. The van der Waals surface area contributed by atoms with Crippen LogP contribution in [0.5, 0.6) is 0 Å². The molecule has 0 atom stereocenters. The first-order chi connectivity index (χ1) is 13.4. The molecule has 0 bridgehead atoms. The molecule has 0 fully saturated rings. The van der Waals surface area contributed by atoms with Crippen molar-refractivity contribution in [3.8, 4) is 0 Å². The van der Waals surface area contributed by atoms with Gasteiger partial charge in [-0.25, -0.2) is 0 Å². The summed E-state index contributed by atoms with van der Waals surface area (Å²) >= 11 is 0. The Morgan fingerprint density at radius 3 is 1.04 bits per heavy atom. The van der Waals surface area contributed by atoms with Gasteiger partial charge in [-0.1, -0.05) is 160 Å². The van der Waals surface area contributed by atoms with Gasteiger partial charge in [0.2, 0.25) is 0 Å². The summed E-state index contributed by atoms with van der Waals surface area (Å²) in [4.78, 5) is 0. The van der Waals surface area contributed by atoms with Gasteiger partial charge in [-0.15, -0.1) is 0 Å². The lowest BCUT2D eigenvalue weighted by atomic mass is 10.0. The molecule has 0 aliphatic heterocycles. The van der Waals surface area contributed by atoms with Crippen molar-refractivity contribution < 1.29 is 0 Å². The van der Waals surface area contributed by atoms with Gasteiger partial charge in [0.05, 0.1) is 0 Å². The van der Waals surface area contributed by atoms with Crippen molar-refractivity contribution in [3.63, 3.8) is 0 Å². The Kier molecular flexibility index (Phi) is 25.0. The molecule has 0 saturated heterocycles. The first-order valence-corrected chi connectivity index (χ1v) is 12.7. The molecule has 160 valence electrons. The van der Waals surface area contributed by atoms with Crippen LogP contribution in [0.15, 0.2) is 24.8 Å². The maximum absolute atomic E-state index is 3.70. The monoisotopic (exact) mass is 376 g/mol. The van der Waals surface area contributed by atoms with E-state index in [1.165, 1.54) is 141 Å². The number of hydrogen-bond donors (Lipinski definition) is 0. The molecule has 0 aromatic carbocycles. The molecule has 27 heavy (non-hydrogen) atoms. The summed E-state index contributed by atoms with van der Waals surface area (Å²) in [5, 5.41) is 0. The zero-order valence-corrected chi connectivity index (χ0v) is 19.0. The number of unbranched alkanes of at least 4 members (excludes halogenated alkanes) is 21. The lowest BCUT2D eigenvalue weighted by Crippen LogP contribution is -1.84. The van der Waals surface area contributed by atoms with E-state index in [1.54, 1.807) is 0 Å². The van der Waals surface area contributed by atoms with Gasteiger partial charge in [-0.3, -0.25) is 0 Å². The first-order valence-electron chi connectivity index (χ1n) is 12.7. The third kappa shape index (κ3) is 25.5. The van der Waals surface area contributed by atoms with Crippen molar-refractivity contribution in [2.24, 2.45) is 0 Å². The average Bonchev–Trinajstić information content (AvgIpc) is 2.68. The van der Waals surface area contributed by atoms with Gasteiger partial charge in [-0.05, 0) is 12.8 Å². The molecule has 0 unspecified atom stereocenters. The van der Waals surface area contributed by atoms with E-state index in [0.29, 0.717) is 0 Å². The largest absolute Gasteiger partial charge is 0.0991 e. The summed E-state index contributed by atoms with van der Waals surface area (Å²) in [5.41, 5.74) is 0. The van der Waals surface area contributed by atoms with Crippen molar-refractivity contribution in [1.29, 1.82) is 0 Å². The molecule has 0 amide bonds. The van der Waals surface area contributed by atoms with E-state index in [1.807, 2.05) is 6.08 Å². The summed E-state index contributed by atoms with van der Waals surface area (Å²) in [6.07, 6.45) is 38.0. The van der Waals surface area contributed by atoms with Crippen LogP contribution < -0.4 is 0 Å². The van der Waals surface area contributed by atoms with E-state index in [-0.39, 0.29) is 0 Å². The van der Waals surface area contributed by atoms with E-state index in [0.717, 1.165) is 0 Å². The molecule has 0 aliphatic rings. The van der Waals surface area contributed by atoms with Crippen LogP contribution in [0.3, 0.4) is 0 Å². The Balaban J connectivity index is 2.99. The van der Waals surface area contributed by atoms with Gasteiger partial charge >= 0.3 is 0 Å². The molecule has 0 rings (SSSR count). The fraction of sp³-hybridized carbons (Fsp3) is 0.852. The van der Waals surface area contributed by atoms with Crippen molar-refractivity contribution in [2.75, 3.05) is 0 Å². The number of allylic oxidation sites excluding steroid dienone is 3. The second kappa shape index (κ2) is 25.5. The van der Waals surface area contributed by atoms with Gasteiger partial charge in [0.25, 0.3) is 0 Å². The normalized spacial score (nSPS) is 11.4. The maximum atomic E-state index is 3.70. The Labute approximate surface area is 173 Å². The molecule has 0 nitrogen and oxygen atoms in total. The predicted octanol–water partition coefficient (Wildman–Crippen LogP) is 10.3. The van der Waals surface area contributed by atoms with Crippen molar-refractivity contribution in [2.45, 2.75) is 148 Å². The quantitative estimate of drug-likeness (QED) is 0.123. The molecule has 0 saturated carbocycles. The summed E-state index contributed by atoms with van der Waals surface area (Å²) in [5.74, 6) is 0. The van der Waals surface area contributed by atoms with Crippen LogP contribution in [0.4, 0.5) is 0 Å². The fourth-order valence-corrected chi connectivity index (χ4v) is 3.89. The second-order valence-electron chi connectivity index (χ2n) is 8.52. The van der Waals surface area contributed by atoms with Crippen LogP contribution in [-0.4, -0.2) is 0 Å². The zero-order valence-electron chi connectivity index (χ0n) is 19.0. The summed E-state index contributed by atoms with van der Waals surface area (Å²) in [7, 11) is 0. The van der Waals surface area contributed by atoms with Crippen LogP contribution in [0.1, 0.15) is 148 Å². The number of rotatable bonds is 23. The van der Waals surface area contributed by atoms with Gasteiger partial charge in [-0.2, -0.15) is 0 Å². The first kappa shape index (κ1) is 26.5. The summed E-state index contributed by atoms with van der Waals surface area (Å²) in [6.45, 7) is 6.00. The van der Waals surface area contributed by atoms with Gasteiger partial charge in [0, 0.05) is 0 Å². The molecule has 0 aromatic rings. The Hall–Kier alpha value is -0.520. The van der Waals surface area contributed by atoms with E-state index >= 15 is 0 Å². The van der Waals surface area contributed by atoms with E-state index in [9.17, 15) is 0 Å². The zero-order chi connectivity index (χ0) is 19.7. The summed E-state index contributed by atoms with van der Waals surface area (Å²) < 4.78 is 0. The minimum Gasteiger partial charge on any atom is -0.0991 e. The van der Waals surface area contributed by atoms with Gasteiger partial charge in [0.1, 0.15) is 0 Å².